The Bertz CT molecular complexity index is 1120. The summed E-state index contributed by atoms with van der Waals surface area (Å²) in [5.74, 6) is 0.478. The fraction of sp³-hybridized carbons (Fsp3) is 0.455. The number of anilines is 1. The van der Waals surface area contributed by atoms with Crippen molar-refractivity contribution in [3.8, 4) is 5.69 Å². The van der Waals surface area contributed by atoms with Crippen molar-refractivity contribution in [2.45, 2.75) is 45.3 Å². The summed E-state index contributed by atoms with van der Waals surface area (Å²) in [5, 5.41) is 14.4. The molecule has 180 valence electrons. The molecule has 3 aromatic heterocycles. The molecule has 12 heteroatoms. The fourth-order valence-corrected chi connectivity index (χ4v) is 4.07. The quantitative estimate of drug-likeness (QED) is 0.563. The Morgan fingerprint density at radius 3 is 2.59 bits per heavy atom. The first-order chi connectivity index (χ1) is 16.2. The minimum atomic E-state index is -4.52. The van der Waals surface area contributed by atoms with E-state index in [9.17, 15) is 18.0 Å². The van der Waals surface area contributed by atoms with E-state index in [1.165, 1.54) is 17.2 Å². The molecule has 3 aromatic rings. The predicted octanol–water partition coefficient (Wildman–Crippen LogP) is 3.43. The molecule has 1 amide bonds. The molecule has 1 aliphatic rings. The molecule has 1 saturated carbocycles. The molecule has 3 heterocycles. The lowest BCUT2D eigenvalue weighted by atomic mass is 9.79. The Balaban J connectivity index is 1.38. The number of aromatic nitrogens is 6. The Morgan fingerprint density at radius 2 is 1.91 bits per heavy atom. The number of aryl methyl sites for hydroxylation is 1. The monoisotopic (exact) mass is 474 g/mol. The summed E-state index contributed by atoms with van der Waals surface area (Å²) in [6.45, 7) is 4.34. The molecule has 34 heavy (non-hydrogen) atoms. The fourth-order valence-electron chi connectivity index (χ4n) is 4.07. The minimum absolute atomic E-state index is 0.00242. The molecule has 0 aromatic carbocycles. The van der Waals surface area contributed by atoms with Crippen molar-refractivity contribution in [2.24, 2.45) is 11.8 Å². The van der Waals surface area contributed by atoms with Crippen LogP contribution in [-0.4, -0.2) is 48.4 Å². The second kappa shape index (κ2) is 9.74. The second-order valence-corrected chi connectivity index (χ2v) is 8.54. The van der Waals surface area contributed by atoms with Crippen LogP contribution in [0, 0.1) is 18.8 Å². The van der Waals surface area contributed by atoms with Gasteiger partial charge in [0.2, 0.25) is 0 Å². The van der Waals surface area contributed by atoms with Crippen LogP contribution in [0.3, 0.4) is 0 Å². The first-order valence-electron chi connectivity index (χ1n) is 11.0. The number of carbonyl (C=O) groups is 1. The van der Waals surface area contributed by atoms with Gasteiger partial charge in [0.1, 0.15) is 11.5 Å². The van der Waals surface area contributed by atoms with Gasteiger partial charge in [-0.3, -0.25) is 4.79 Å². The van der Waals surface area contributed by atoms with Crippen LogP contribution < -0.4 is 10.6 Å². The number of nitrogens with one attached hydrogen (secondary N) is 2. The molecule has 4 rings (SSSR count). The number of pyridine rings is 1. The molecule has 2 N–H and O–H groups in total. The van der Waals surface area contributed by atoms with Gasteiger partial charge in [-0.25, -0.2) is 15.0 Å². The summed E-state index contributed by atoms with van der Waals surface area (Å²) in [4.78, 5) is 26.0. The maximum Gasteiger partial charge on any atom is 0.434 e. The summed E-state index contributed by atoms with van der Waals surface area (Å²) >= 11 is 0. The van der Waals surface area contributed by atoms with Gasteiger partial charge in [-0.1, -0.05) is 6.92 Å². The molecular formula is C22H25F3N8O. The van der Waals surface area contributed by atoms with E-state index in [0.29, 0.717) is 29.7 Å². The average Bonchev–Trinajstić information content (AvgIpc) is 3.34. The first-order valence-corrected chi connectivity index (χ1v) is 11.0. The van der Waals surface area contributed by atoms with Crippen molar-refractivity contribution in [3.63, 3.8) is 0 Å². The van der Waals surface area contributed by atoms with Crippen molar-refractivity contribution in [3.05, 3.63) is 54.0 Å². The molecule has 1 aliphatic carbocycles. The van der Waals surface area contributed by atoms with Gasteiger partial charge < -0.3 is 10.6 Å². The van der Waals surface area contributed by atoms with Gasteiger partial charge >= 0.3 is 6.18 Å². The van der Waals surface area contributed by atoms with Crippen LogP contribution in [-0.2, 0) is 6.18 Å². The molecule has 0 saturated heterocycles. The summed E-state index contributed by atoms with van der Waals surface area (Å²) in [6.07, 6.45) is 2.94. The zero-order valence-corrected chi connectivity index (χ0v) is 18.8. The highest BCUT2D eigenvalue weighted by Gasteiger charge is 2.33. The van der Waals surface area contributed by atoms with E-state index < -0.39 is 11.9 Å². The van der Waals surface area contributed by atoms with Crippen LogP contribution in [0.1, 0.15) is 48.1 Å². The van der Waals surface area contributed by atoms with Crippen molar-refractivity contribution in [1.29, 1.82) is 0 Å². The maximum atomic E-state index is 12.9. The van der Waals surface area contributed by atoms with Crippen molar-refractivity contribution in [2.75, 3.05) is 11.9 Å². The van der Waals surface area contributed by atoms with E-state index in [4.69, 9.17) is 0 Å². The molecule has 0 radical (unpaired) electrons. The van der Waals surface area contributed by atoms with Crippen molar-refractivity contribution < 1.29 is 18.0 Å². The molecule has 0 spiro atoms. The Kier molecular flexibility index (Phi) is 6.75. The van der Waals surface area contributed by atoms with Gasteiger partial charge in [0, 0.05) is 18.3 Å². The number of hydrogen-bond acceptors (Lipinski definition) is 7. The summed E-state index contributed by atoms with van der Waals surface area (Å²) < 4.78 is 38.2. The van der Waals surface area contributed by atoms with Gasteiger partial charge in [0.25, 0.3) is 5.91 Å². The Hall–Kier alpha value is -3.57. The maximum absolute atomic E-state index is 12.9. The highest BCUT2D eigenvalue weighted by molar-refractivity contribution is 5.95. The van der Waals surface area contributed by atoms with Gasteiger partial charge in [0.05, 0.1) is 24.8 Å². The highest BCUT2D eigenvalue weighted by Crippen LogP contribution is 2.31. The average molecular weight is 474 g/mol. The van der Waals surface area contributed by atoms with E-state index >= 15 is 0 Å². The SMILES string of the molecule is Cc1ccc(-n2nccn2)c(C(=O)NCC2CCC(C)C(Nc3cnc(C(F)(F)F)cn3)C2)n1. The van der Waals surface area contributed by atoms with E-state index in [1.54, 1.807) is 19.1 Å². The standard InChI is InChI=1S/C22H25F3N8O/c1-13-3-5-15(9-16(13)32-19-12-26-18(11-27-19)22(23,24)25)10-28-21(34)20-17(6-4-14(2)31-20)33-29-7-8-30-33/h4,6-8,11-13,15-16H,3,5,9-10H2,1-2H3,(H,27,32)(H,28,34). The lowest BCUT2D eigenvalue weighted by molar-refractivity contribution is -0.141. The Morgan fingerprint density at radius 1 is 1.15 bits per heavy atom. The lowest BCUT2D eigenvalue weighted by Gasteiger charge is -2.35. The third kappa shape index (κ3) is 5.49. The largest absolute Gasteiger partial charge is 0.434 e. The number of rotatable bonds is 6. The Labute approximate surface area is 194 Å². The molecule has 0 bridgehead atoms. The smallest absolute Gasteiger partial charge is 0.366 e. The zero-order valence-electron chi connectivity index (χ0n) is 18.8. The molecule has 3 unspecified atom stereocenters. The van der Waals surface area contributed by atoms with Crippen LogP contribution in [0.5, 0.6) is 0 Å². The molecular weight excluding hydrogens is 449 g/mol. The van der Waals surface area contributed by atoms with E-state index in [2.05, 4.69) is 42.7 Å². The van der Waals surface area contributed by atoms with Gasteiger partial charge in [0.15, 0.2) is 11.4 Å². The van der Waals surface area contributed by atoms with Crippen LogP contribution in [0.15, 0.2) is 36.9 Å². The predicted molar refractivity (Wildman–Crippen MR) is 117 cm³/mol. The normalized spacial score (nSPS) is 20.7. The van der Waals surface area contributed by atoms with E-state index in [0.717, 1.165) is 31.7 Å². The number of amides is 1. The topological polar surface area (TPSA) is 111 Å². The summed E-state index contributed by atoms with van der Waals surface area (Å²) in [5.41, 5.74) is 0.417. The number of alkyl halides is 3. The van der Waals surface area contributed by atoms with Crippen LogP contribution in [0.2, 0.25) is 0 Å². The van der Waals surface area contributed by atoms with E-state index in [1.807, 2.05) is 0 Å². The molecule has 3 atom stereocenters. The minimum Gasteiger partial charge on any atom is -0.366 e. The van der Waals surface area contributed by atoms with Crippen LogP contribution in [0.4, 0.5) is 19.0 Å². The summed E-state index contributed by atoms with van der Waals surface area (Å²) in [7, 11) is 0. The van der Waals surface area contributed by atoms with E-state index in [-0.39, 0.29) is 23.6 Å². The first kappa shape index (κ1) is 23.6. The van der Waals surface area contributed by atoms with Crippen LogP contribution in [0.25, 0.3) is 5.69 Å². The highest BCUT2D eigenvalue weighted by atomic mass is 19.4. The third-order valence-corrected chi connectivity index (χ3v) is 5.99. The van der Waals surface area contributed by atoms with Gasteiger partial charge in [-0.2, -0.15) is 23.4 Å². The van der Waals surface area contributed by atoms with Gasteiger partial charge in [-0.05, 0) is 50.2 Å². The number of carbonyl (C=O) groups excluding carboxylic acids is 1. The second-order valence-electron chi connectivity index (χ2n) is 8.54. The molecule has 1 fully saturated rings. The number of halogens is 3. The summed E-state index contributed by atoms with van der Waals surface area (Å²) in [6, 6.07) is 3.55. The third-order valence-electron chi connectivity index (χ3n) is 5.99. The molecule has 9 nitrogen and oxygen atoms in total. The van der Waals surface area contributed by atoms with Crippen molar-refractivity contribution in [1.82, 2.24) is 35.3 Å². The van der Waals surface area contributed by atoms with Crippen molar-refractivity contribution >= 4 is 11.7 Å². The van der Waals surface area contributed by atoms with Gasteiger partial charge in [-0.15, -0.1) is 4.80 Å². The zero-order chi connectivity index (χ0) is 24.3. The number of nitrogens with zero attached hydrogens (tertiary/aromatic N) is 6. The van der Waals surface area contributed by atoms with Crippen LogP contribution >= 0.6 is 0 Å². The number of hydrogen-bond donors (Lipinski definition) is 2. The molecule has 0 aliphatic heterocycles. The lowest BCUT2D eigenvalue weighted by Crippen LogP contribution is -2.39.